The molecule has 0 unspecified atom stereocenters. The fourth-order valence-electron chi connectivity index (χ4n) is 1.41. The maximum atomic E-state index is 12.7. The molecule has 0 atom stereocenters. The Hall–Kier alpha value is -1.90. The fourth-order valence-corrected chi connectivity index (χ4v) is 1.41. The molecule has 0 spiro atoms. The molecule has 2 rings (SSSR count). The lowest BCUT2D eigenvalue weighted by Gasteiger charge is -2.05. The monoisotopic (exact) mass is 202 g/mol. The highest BCUT2D eigenvalue weighted by Gasteiger charge is 2.04. The number of nitrogens with two attached hydrogens (primary N) is 1. The molecule has 2 nitrogen and oxygen atoms in total. The molecule has 0 saturated carbocycles. The molecule has 2 N–H and O–H groups in total. The molecule has 0 bridgehead atoms. The third kappa shape index (κ3) is 1.96. The molecule has 1 aromatic carbocycles. The van der Waals surface area contributed by atoms with Crippen LogP contribution in [-0.4, -0.2) is 4.98 Å². The van der Waals surface area contributed by atoms with Crippen molar-refractivity contribution in [1.29, 1.82) is 0 Å². The van der Waals surface area contributed by atoms with Crippen molar-refractivity contribution in [2.24, 2.45) is 0 Å². The number of hydrogen-bond donors (Lipinski definition) is 1. The van der Waals surface area contributed by atoms with Gasteiger partial charge in [0.05, 0.1) is 11.4 Å². The van der Waals surface area contributed by atoms with Gasteiger partial charge in [0.15, 0.2) is 0 Å². The number of aryl methyl sites for hydroxylation is 1. The van der Waals surface area contributed by atoms with Gasteiger partial charge >= 0.3 is 0 Å². The average molecular weight is 202 g/mol. The Kier molecular flexibility index (Phi) is 2.37. The smallest absolute Gasteiger partial charge is 0.123 e. The first kappa shape index (κ1) is 9.65. The van der Waals surface area contributed by atoms with Crippen LogP contribution in [0.4, 0.5) is 10.1 Å². The minimum absolute atomic E-state index is 0.259. The van der Waals surface area contributed by atoms with Gasteiger partial charge < -0.3 is 5.73 Å². The molecule has 0 fully saturated rings. The van der Waals surface area contributed by atoms with Crippen LogP contribution < -0.4 is 5.73 Å². The second kappa shape index (κ2) is 3.69. The van der Waals surface area contributed by atoms with E-state index in [9.17, 15) is 4.39 Å². The van der Waals surface area contributed by atoms with Crippen LogP contribution in [0, 0.1) is 12.7 Å². The summed E-state index contributed by atoms with van der Waals surface area (Å²) in [5, 5.41) is 0. The number of aromatic nitrogens is 1. The second-order valence-electron chi connectivity index (χ2n) is 3.40. The maximum Gasteiger partial charge on any atom is 0.123 e. The summed E-state index contributed by atoms with van der Waals surface area (Å²) in [4.78, 5) is 4.33. The van der Waals surface area contributed by atoms with Gasteiger partial charge in [-0.05, 0) is 43.3 Å². The minimum Gasteiger partial charge on any atom is -0.397 e. The summed E-state index contributed by atoms with van der Waals surface area (Å²) in [5.74, 6) is -0.259. The highest BCUT2D eigenvalue weighted by Crippen LogP contribution is 2.23. The lowest BCUT2D eigenvalue weighted by molar-refractivity contribution is 0.628. The Labute approximate surface area is 87.6 Å². The van der Waals surface area contributed by atoms with Gasteiger partial charge in [-0.2, -0.15) is 0 Å². The molecule has 2 aromatic rings. The summed E-state index contributed by atoms with van der Waals surface area (Å²) < 4.78 is 12.7. The molecule has 76 valence electrons. The van der Waals surface area contributed by atoms with Crippen molar-refractivity contribution in [1.82, 2.24) is 4.98 Å². The lowest BCUT2D eigenvalue weighted by Crippen LogP contribution is -1.94. The Morgan fingerprint density at radius 1 is 1.07 bits per heavy atom. The zero-order valence-corrected chi connectivity index (χ0v) is 8.37. The van der Waals surface area contributed by atoms with E-state index in [1.807, 2.05) is 13.0 Å². The second-order valence-corrected chi connectivity index (χ2v) is 3.40. The summed E-state index contributed by atoms with van der Waals surface area (Å²) in [5.41, 5.74) is 8.83. The van der Waals surface area contributed by atoms with Crippen molar-refractivity contribution >= 4 is 5.69 Å². The standard InChI is InChI=1S/C12H11FN2/c1-8-2-7-11(14)12(15-8)9-3-5-10(13)6-4-9/h2-7H,14H2,1H3. The maximum absolute atomic E-state index is 12.7. The van der Waals surface area contributed by atoms with Crippen molar-refractivity contribution in [3.05, 3.63) is 47.9 Å². The first-order valence-electron chi connectivity index (χ1n) is 4.66. The quantitative estimate of drug-likeness (QED) is 0.772. The molecule has 0 saturated heterocycles. The van der Waals surface area contributed by atoms with Crippen LogP contribution in [-0.2, 0) is 0 Å². The molecule has 0 aliphatic heterocycles. The Balaban J connectivity index is 2.53. The number of rotatable bonds is 1. The summed E-state index contributed by atoms with van der Waals surface area (Å²) >= 11 is 0. The summed E-state index contributed by atoms with van der Waals surface area (Å²) in [6.45, 7) is 1.90. The lowest BCUT2D eigenvalue weighted by atomic mass is 10.1. The Morgan fingerprint density at radius 2 is 1.73 bits per heavy atom. The van der Waals surface area contributed by atoms with E-state index in [1.165, 1.54) is 12.1 Å². The SMILES string of the molecule is Cc1ccc(N)c(-c2ccc(F)cc2)n1. The average Bonchev–Trinajstić information content (AvgIpc) is 2.23. The van der Waals surface area contributed by atoms with Gasteiger partial charge in [-0.25, -0.2) is 4.39 Å². The van der Waals surface area contributed by atoms with Crippen molar-refractivity contribution in [2.75, 3.05) is 5.73 Å². The number of anilines is 1. The first-order chi connectivity index (χ1) is 7.16. The van der Waals surface area contributed by atoms with Crippen LogP contribution in [0.3, 0.4) is 0 Å². The molecule has 1 aromatic heterocycles. The van der Waals surface area contributed by atoms with Gasteiger partial charge in [-0.15, -0.1) is 0 Å². The van der Waals surface area contributed by atoms with E-state index in [1.54, 1.807) is 18.2 Å². The molecule has 0 radical (unpaired) electrons. The van der Waals surface area contributed by atoms with Crippen LogP contribution in [0.15, 0.2) is 36.4 Å². The van der Waals surface area contributed by atoms with E-state index in [2.05, 4.69) is 4.98 Å². The normalized spacial score (nSPS) is 10.3. The van der Waals surface area contributed by atoms with Gasteiger partial charge in [0.1, 0.15) is 5.82 Å². The van der Waals surface area contributed by atoms with Crippen LogP contribution in [0.2, 0.25) is 0 Å². The minimum atomic E-state index is -0.259. The highest BCUT2D eigenvalue weighted by molar-refractivity contribution is 5.72. The zero-order valence-electron chi connectivity index (χ0n) is 8.37. The summed E-state index contributed by atoms with van der Waals surface area (Å²) in [7, 11) is 0. The van der Waals surface area contributed by atoms with Gasteiger partial charge in [-0.1, -0.05) is 0 Å². The van der Waals surface area contributed by atoms with Gasteiger partial charge in [-0.3, -0.25) is 4.98 Å². The molecule has 1 heterocycles. The molecule has 0 aliphatic rings. The van der Waals surface area contributed by atoms with Crippen LogP contribution in [0.5, 0.6) is 0 Å². The predicted molar refractivity (Wildman–Crippen MR) is 58.8 cm³/mol. The van der Waals surface area contributed by atoms with Crippen molar-refractivity contribution in [2.45, 2.75) is 6.92 Å². The molecule has 0 aliphatic carbocycles. The number of halogens is 1. The van der Waals surface area contributed by atoms with E-state index >= 15 is 0 Å². The molecule has 3 heteroatoms. The van der Waals surface area contributed by atoms with E-state index in [0.29, 0.717) is 11.4 Å². The molecule has 0 amide bonds. The predicted octanol–water partition coefficient (Wildman–Crippen LogP) is 2.78. The number of nitrogens with zero attached hydrogens (tertiary/aromatic N) is 1. The van der Waals surface area contributed by atoms with Crippen LogP contribution >= 0.6 is 0 Å². The molecular formula is C12H11FN2. The van der Waals surface area contributed by atoms with Crippen molar-refractivity contribution < 1.29 is 4.39 Å². The van der Waals surface area contributed by atoms with Gasteiger partial charge in [0.2, 0.25) is 0 Å². The summed E-state index contributed by atoms with van der Waals surface area (Å²) in [6, 6.07) is 9.81. The van der Waals surface area contributed by atoms with E-state index < -0.39 is 0 Å². The number of pyridine rings is 1. The number of hydrogen-bond acceptors (Lipinski definition) is 2. The third-order valence-electron chi connectivity index (χ3n) is 2.18. The zero-order chi connectivity index (χ0) is 10.8. The summed E-state index contributed by atoms with van der Waals surface area (Å²) in [6.07, 6.45) is 0. The topological polar surface area (TPSA) is 38.9 Å². The fraction of sp³-hybridized carbons (Fsp3) is 0.0833. The molecule has 15 heavy (non-hydrogen) atoms. The Bertz CT molecular complexity index is 477. The van der Waals surface area contributed by atoms with Crippen molar-refractivity contribution in [3.63, 3.8) is 0 Å². The van der Waals surface area contributed by atoms with E-state index in [0.717, 1.165) is 11.3 Å². The molecular weight excluding hydrogens is 191 g/mol. The van der Waals surface area contributed by atoms with Gasteiger partial charge in [0, 0.05) is 11.3 Å². The van der Waals surface area contributed by atoms with E-state index in [-0.39, 0.29) is 5.82 Å². The first-order valence-corrected chi connectivity index (χ1v) is 4.66. The highest BCUT2D eigenvalue weighted by atomic mass is 19.1. The van der Waals surface area contributed by atoms with Crippen LogP contribution in [0.1, 0.15) is 5.69 Å². The number of nitrogen functional groups attached to an aromatic ring is 1. The number of benzene rings is 1. The van der Waals surface area contributed by atoms with Crippen molar-refractivity contribution in [3.8, 4) is 11.3 Å². The third-order valence-corrected chi connectivity index (χ3v) is 2.18. The van der Waals surface area contributed by atoms with E-state index in [4.69, 9.17) is 5.73 Å². The largest absolute Gasteiger partial charge is 0.397 e. The van der Waals surface area contributed by atoms with Crippen LogP contribution in [0.25, 0.3) is 11.3 Å². The van der Waals surface area contributed by atoms with Gasteiger partial charge in [0.25, 0.3) is 0 Å². The Morgan fingerprint density at radius 3 is 2.40 bits per heavy atom.